The second kappa shape index (κ2) is 5.84. The van der Waals surface area contributed by atoms with Crippen molar-refractivity contribution in [2.45, 2.75) is 76.8 Å². The zero-order chi connectivity index (χ0) is 17.1. The average Bonchev–Trinajstić information content (AvgIpc) is 2.77. The molecule has 0 aromatic heterocycles. The van der Waals surface area contributed by atoms with Gasteiger partial charge in [0.05, 0.1) is 0 Å². The van der Waals surface area contributed by atoms with E-state index in [2.05, 4.69) is 0 Å². The molecule has 1 spiro atoms. The van der Waals surface area contributed by atoms with Crippen molar-refractivity contribution in [3.63, 3.8) is 0 Å². The highest BCUT2D eigenvalue weighted by molar-refractivity contribution is 5.10. The highest BCUT2D eigenvalue weighted by atomic mass is 19.3. The van der Waals surface area contributed by atoms with Crippen molar-refractivity contribution in [1.82, 2.24) is 0 Å². The SMILES string of the molecule is CCO[C@H]1O[C@@H]2O[C@@]3(C)CC[C@H]4[C@H](C(F)F)CC[C@@H]([C@H]1C)[C@@]24OO3. The van der Waals surface area contributed by atoms with Gasteiger partial charge in [-0.1, -0.05) is 6.92 Å². The van der Waals surface area contributed by atoms with Crippen molar-refractivity contribution in [1.29, 1.82) is 0 Å². The van der Waals surface area contributed by atoms with E-state index in [1.54, 1.807) is 6.92 Å². The summed E-state index contributed by atoms with van der Waals surface area (Å²) in [4.78, 5) is 11.5. The minimum Gasteiger partial charge on any atom is -0.353 e. The van der Waals surface area contributed by atoms with Crippen molar-refractivity contribution < 1.29 is 32.8 Å². The van der Waals surface area contributed by atoms with Crippen LogP contribution in [0.25, 0.3) is 0 Å². The molecule has 4 aliphatic heterocycles. The topological polar surface area (TPSA) is 46.2 Å². The molecule has 138 valence electrons. The van der Waals surface area contributed by atoms with Crippen LogP contribution in [0.2, 0.25) is 0 Å². The summed E-state index contributed by atoms with van der Waals surface area (Å²) in [5, 5.41) is 0. The number of fused-ring (bicyclic) bond motifs is 2. The van der Waals surface area contributed by atoms with E-state index < -0.39 is 36.3 Å². The third kappa shape index (κ3) is 2.28. The first kappa shape index (κ1) is 17.1. The minimum absolute atomic E-state index is 0.00968. The monoisotopic (exact) mass is 348 g/mol. The molecule has 2 bridgehead atoms. The Hall–Kier alpha value is -0.340. The van der Waals surface area contributed by atoms with Gasteiger partial charge in [0.1, 0.15) is 0 Å². The Kier molecular flexibility index (Phi) is 4.16. The molecule has 4 saturated heterocycles. The molecule has 1 saturated carbocycles. The molecule has 5 aliphatic rings. The van der Waals surface area contributed by atoms with E-state index in [0.717, 1.165) is 0 Å². The summed E-state index contributed by atoms with van der Waals surface area (Å²) in [6.45, 7) is 6.26. The molecule has 0 N–H and O–H groups in total. The maximum absolute atomic E-state index is 13.7. The maximum Gasteiger partial charge on any atom is 0.241 e. The van der Waals surface area contributed by atoms with Crippen LogP contribution in [0.5, 0.6) is 0 Å². The molecule has 0 radical (unpaired) electrons. The van der Waals surface area contributed by atoms with Crippen molar-refractivity contribution in [2.24, 2.45) is 23.7 Å². The summed E-state index contributed by atoms with van der Waals surface area (Å²) in [5.74, 6) is -1.97. The molecule has 1 aliphatic carbocycles. The zero-order valence-electron chi connectivity index (χ0n) is 14.4. The van der Waals surface area contributed by atoms with E-state index in [9.17, 15) is 8.78 Å². The molecule has 0 amide bonds. The lowest BCUT2D eigenvalue weighted by molar-refractivity contribution is -0.578. The standard InChI is InChI=1S/C17H26F2O5/c1-4-20-14-9(2)11-6-5-10(13(18)19)12-7-8-16(3)22-15(21-14)17(11,12)24-23-16/h9-15H,4-8H2,1-3H3/t9-,10-,11+,12+,14+,15-,16-,17+/m1/s1. The first-order chi connectivity index (χ1) is 11.4. The van der Waals surface area contributed by atoms with E-state index >= 15 is 0 Å². The molecule has 8 atom stereocenters. The normalized spacial score (nSPS) is 53.8. The van der Waals surface area contributed by atoms with Gasteiger partial charge in [-0.15, -0.1) is 0 Å². The average molecular weight is 348 g/mol. The summed E-state index contributed by atoms with van der Waals surface area (Å²) in [5.41, 5.74) is -0.970. The van der Waals surface area contributed by atoms with E-state index in [-0.39, 0.29) is 17.8 Å². The van der Waals surface area contributed by atoms with Crippen LogP contribution >= 0.6 is 0 Å². The van der Waals surface area contributed by atoms with Gasteiger partial charge in [0, 0.05) is 36.7 Å². The second-order valence-corrected chi connectivity index (χ2v) is 7.75. The van der Waals surface area contributed by atoms with Crippen LogP contribution in [0, 0.1) is 23.7 Å². The minimum atomic E-state index is -2.38. The van der Waals surface area contributed by atoms with Crippen molar-refractivity contribution in [2.75, 3.05) is 6.61 Å². The van der Waals surface area contributed by atoms with E-state index in [4.69, 9.17) is 24.0 Å². The van der Waals surface area contributed by atoms with Crippen LogP contribution in [0.15, 0.2) is 0 Å². The maximum atomic E-state index is 13.7. The fourth-order valence-electron chi connectivity index (χ4n) is 5.28. The molecule has 7 heteroatoms. The Morgan fingerprint density at radius 2 is 1.96 bits per heavy atom. The lowest BCUT2D eigenvalue weighted by Gasteiger charge is -2.60. The van der Waals surface area contributed by atoms with Crippen LogP contribution < -0.4 is 0 Å². The van der Waals surface area contributed by atoms with Crippen LogP contribution in [-0.2, 0) is 24.0 Å². The summed E-state index contributed by atoms with van der Waals surface area (Å²) >= 11 is 0. The van der Waals surface area contributed by atoms with Gasteiger partial charge in [0.15, 0.2) is 18.2 Å². The third-order valence-electron chi connectivity index (χ3n) is 6.46. The van der Waals surface area contributed by atoms with Gasteiger partial charge in [-0.3, -0.25) is 0 Å². The zero-order valence-corrected chi connectivity index (χ0v) is 14.4. The highest BCUT2D eigenvalue weighted by Gasteiger charge is 2.70. The molecule has 0 aromatic carbocycles. The predicted molar refractivity (Wildman–Crippen MR) is 78.8 cm³/mol. The van der Waals surface area contributed by atoms with Gasteiger partial charge >= 0.3 is 0 Å². The van der Waals surface area contributed by atoms with Gasteiger partial charge in [0.2, 0.25) is 12.2 Å². The van der Waals surface area contributed by atoms with Crippen molar-refractivity contribution >= 4 is 0 Å². The van der Waals surface area contributed by atoms with Gasteiger partial charge in [-0.05, 0) is 33.1 Å². The molecule has 5 nitrogen and oxygen atoms in total. The first-order valence-corrected chi connectivity index (χ1v) is 9.01. The number of rotatable bonds is 3. The predicted octanol–water partition coefficient (Wildman–Crippen LogP) is 3.48. The quantitative estimate of drug-likeness (QED) is 0.731. The molecular formula is C17H26F2O5. The fraction of sp³-hybridized carbons (Fsp3) is 1.00. The largest absolute Gasteiger partial charge is 0.353 e. The van der Waals surface area contributed by atoms with Gasteiger partial charge in [-0.2, -0.15) is 0 Å². The first-order valence-electron chi connectivity index (χ1n) is 9.01. The van der Waals surface area contributed by atoms with Crippen LogP contribution in [0.3, 0.4) is 0 Å². The Morgan fingerprint density at radius 1 is 1.17 bits per heavy atom. The lowest BCUT2D eigenvalue weighted by atomic mass is 9.58. The molecular weight excluding hydrogens is 322 g/mol. The fourth-order valence-corrected chi connectivity index (χ4v) is 5.28. The number of halogens is 2. The molecule has 0 aromatic rings. The van der Waals surface area contributed by atoms with E-state index in [0.29, 0.717) is 32.3 Å². The van der Waals surface area contributed by atoms with Crippen LogP contribution in [0.1, 0.15) is 46.5 Å². The lowest BCUT2D eigenvalue weighted by Crippen LogP contribution is -2.71. The molecule has 5 fully saturated rings. The Balaban J connectivity index is 1.76. The molecule has 0 unspecified atom stereocenters. The van der Waals surface area contributed by atoms with Crippen LogP contribution in [-0.4, -0.2) is 37.0 Å². The van der Waals surface area contributed by atoms with Gasteiger partial charge in [0.25, 0.3) is 0 Å². The van der Waals surface area contributed by atoms with E-state index in [1.807, 2.05) is 13.8 Å². The summed E-state index contributed by atoms with van der Waals surface area (Å²) in [6, 6.07) is 0. The Bertz CT molecular complexity index is 492. The third-order valence-corrected chi connectivity index (χ3v) is 6.46. The number of hydrogen-bond acceptors (Lipinski definition) is 5. The number of hydrogen-bond donors (Lipinski definition) is 0. The Labute approximate surface area is 140 Å². The summed E-state index contributed by atoms with van der Waals surface area (Å²) < 4.78 is 45.3. The Morgan fingerprint density at radius 3 is 2.67 bits per heavy atom. The van der Waals surface area contributed by atoms with Crippen molar-refractivity contribution in [3.05, 3.63) is 0 Å². The van der Waals surface area contributed by atoms with E-state index in [1.165, 1.54) is 0 Å². The summed E-state index contributed by atoms with van der Waals surface area (Å²) in [6.07, 6.45) is -1.28. The molecule has 24 heavy (non-hydrogen) atoms. The number of ether oxygens (including phenoxy) is 3. The van der Waals surface area contributed by atoms with Crippen molar-refractivity contribution in [3.8, 4) is 0 Å². The second-order valence-electron chi connectivity index (χ2n) is 7.75. The molecule has 5 rings (SSSR count). The summed E-state index contributed by atoms with van der Waals surface area (Å²) in [7, 11) is 0. The smallest absolute Gasteiger partial charge is 0.241 e. The number of alkyl halides is 2. The highest BCUT2D eigenvalue weighted by Crippen LogP contribution is 2.61. The molecule has 4 heterocycles. The van der Waals surface area contributed by atoms with Crippen LogP contribution in [0.4, 0.5) is 8.78 Å². The van der Waals surface area contributed by atoms with Gasteiger partial charge < -0.3 is 14.2 Å². The van der Waals surface area contributed by atoms with Gasteiger partial charge in [-0.25, -0.2) is 18.6 Å².